The summed E-state index contributed by atoms with van der Waals surface area (Å²) >= 11 is 0. The molecule has 0 spiro atoms. The van der Waals surface area contributed by atoms with E-state index in [2.05, 4.69) is 5.32 Å². The minimum absolute atomic E-state index is 0.136. The number of nitrogens with zero attached hydrogens (tertiary/aromatic N) is 1. The highest BCUT2D eigenvalue weighted by atomic mass is 16.5. The van der Waals surface area contributed by atoms with Crippen LogP contribution in [-0.4, -0.2) is 37.2 Å². The molecule has 0 bridgehead atoms. The Morgan fingerprint density at radius 3 is 2.72 bits per heavy atom. The molecule has 0 radical (unpaired) electrons. The van der Waals surface area contributed by atoms with Crippen molar-refractivity contribution < 1.29 is 14.3 Å². The number of carbonyl (C=O) groups excluding carboxylic acids is 1. The first-order chi connectivity index (χ1) is 12.2. The molecular formula is C20H24N2O3. The summed E-state index contributed by atoms with van der Waals surface area (Å²) in [4.78, 5) is 14.1. The fourth-order valence-electron chi connectivity index (χ4n) is 2.83. The molecule has 25 heavy (non-hydrogen) atoms. The van der Waals surface area contributed by atoms with E-state index < -0.39 is 0 Å². The van der Waals surface area contributed by atoms with Crippen LogP contribution in [0.25, 0.3) is 0 Å². The molecule has 0 aromatic heterocycles. The summed E-state index contributed by atoms with van der Waals surface area (Å²) in [5.41, 5.74) is 1.70. The molecule has 1 N–H and O–H groups in total. The highest BCUT2D eigenvalue weighted by Crippen LogP contribution is 2.19. The third kappa shape index (κ3) is 4.97. The lowest BCUT2D eigenvalue weighted by atomic mass is 10.2. The van der Waals surface area contributed by atoms with E-state index in [1.54, 1.807) is 11.9 Å². The normalized spacial score (nSPS) is 16.4. The van der Waals surface area contributed by atoms with Gasteiger partial charge in [-0.05, 0) is 31.0 Å². The van der Waals surface area contributed by atoms with E-state index in [-0.39, 0.29) is 12.1 Å². The molecule has 2 amide bonds. The van der Waals surface area contributed by atoms with Crippen LogP contribution < -0.4 is 10.1 Å². The predicted molar refractivity (Wildman–Crippen MR) is 97.8 cm³/mol. The van der Waals surface area contributed by atoms with E-state index in [4.69, 9.17) is 9.47 Å². The standard InChI is InChI=1S/C20H24N2O3/c1-22(14-18-11-7-13-24-18)20(23)21-19-12-6-5-8-16(19)15-25-17-9-3-2-4-10-17/h2-6,8-10,12,18H,7,11,13-15H2,1H3,(H,21,23)/t18-/m1/s1. The van der Waals surface area contributed by atoms with Crippen LogP contribution in [0.2, 0.25) is 0 Å². The number of hydrogen-bond donors (Lipinski definition) is 1. The summed E-state index contributed by atoms with van der Waals surface area (Å²) in [6.07, 6.45) is 2.23. The van der Waals surface area contributed by atoms with Crippen molar-refractivity contribution in [2.75, 3.05) is 25.5 Å². The third-order valence-electron chi connectivity index (χ3n) is 4.24. The Hall–Kier alpha value is -2.53. The number of para-hydroxylation sites is 2. The number of carbonyl (C=O) groups is 1. The molecule has 1 fully saturated rings. The molecule has 0 saturated carbocycles. The van der Waals surface area contributed by atoms with Crippen molar-refractivity contribution >= 4 is 11.7 Å². The molecule has 2 aromatic rings. The van der Waals surface area contributed by atoms with Crippen molar-refractivity contribution in [3.63, 3.8) is 0 Å². The Bertz CT molecular complexity index is 684. The number of benzene rings is 2. The molecule has 5 heteroatoms. The number of hydrogen-bond acceptors (Lipinski definition) is 3. The molecule has 132 valence electrons. The van der Waals surface area contributed by atoms with Gasteiger partial charge < -0.3 is 19.7 Å². The molecule has 2 aromatic carbocycles. The molecule has 1 heterocycles. The van der Waals surface area contributed by atoms with Gasteiger partial charge in [-0.1, -0.05) is 36.4 Å². The van der Waals surface area contributed by atoms with Crippen molar-refractivity contribution in [3.05, 3.63) is 60.2 Å². The largest absolute Gasteiger partial charge is 0.489 e. The first-order valence-electron chi connectivity index (χ1n) is 8.62. The van der Waals surface area contributed by atoms with Gasteiger partial charge in [0.2, 0.25) is 0 Å². The van der Waals surface area contributed by atoms with Crippen LogP contribution in [0.1, 0.15) is 18.4 Å². The summed E-state index contributed by atoms with van der Waals surface area (Å²) < 4.78 is 11.4. The number of amides is 2. The predicted octanol–water partition coefficient (Wildman–Crippen LogP) is 3.91. The van der Waals surface area contributed by atoms with Gasteiger partial charge in [-0.2, -0.15) is 0 Å². The van der Waals surface area contributed by atoms with Crippen molar-refractivity contribution in [1.82, 2.24) is 4.90 Å². The average Bonchev–Trinajstić information content (AvgIpc) is 3.15. The van der Waals surface area contributed by atoms with E-state index in [9.17, 15) is 4.79 Å². The Balaban J connectivity index is 1.58. The van der Waals surface area contributed by atoms with E-state index in [1.807, 2.05) is 54.6 Å². The van der Waals surface area contributed by atoms with Crippen LogP contribution in [0.5, 0.6) is 5.75 Å². The molecule has 1 atom stereocenters. The minimum atomic E-state index is -0.136. The zero-order chi connectivity index (χ0) is 17.5. The van der Waals surface area contributed by atoms with E-state index in [0.29, 0.717) is 13.2 Å². The monoisotopic (exact) mass is 340 g/mol. The van der Waals surface area contributed by atoms with Gasteiger partial charge in [0.15, 0.2) is 0 Å². The number of rotatable bonds is 6. The maximum absolute atomic E-state index is 12.4. The van der Waals surface area contributed by atoms with Crippen molar-refractivity contribution in [1.29, 1.82) is 0 Å². The summed E-state index contributed by atoms with van der Waals surface area (Å²) in [6, 6.07) is 17.2. The molecule has 0 unspecified atom stereocenters. The SMILES string of the molecule is CN(C[C@H]1CCCO1)C(=O)Nc1ccccc1COc1ccccc1. The fraction of sp³-hybridized carbons (Fsp3) is 0.350. The first-order valence-corrected chi connectivity index (χ1v) is 8.62. The lowest BCUT2D eigenvalue weighted by molar-refractivity contribution is 0.0894. The first kappa shape index (κ1) is 17.3. The van der Waals surface area contributed by atoms with Gasteiger partial charge in [0.1, 0.15) is 12.4 Å². The average molecular weight is 340 g/mol. The van der Waals surface area contributed by atoms with Crippen molar-refractivity contribution in [3.8, 4) is 5.75 Å². The Kier molecular flexibility index (Phi) is 5.90. The molecule has 5 nitrogen and oxygen atoms in total. The Morgan fingerprint density at radius 2 is 1.96 bits per heavy atom. The number of likely N-dealkylation sites (N-methyl/N-ethyl adjacent to an activating group) is 1. The lowest BCUT2D eigenvalue weighted by Crippen LogP contribution is -2.37. The van der Waals surface area contributed by atoms with Gasteiger partial charge in [0.05, 0.1) is 6.10 Å². The molecule has 1 aliphatic heterocycles. The van der Waals surface area contributed by atoms with E-state index in [1.165, 1.54) is 0 Å². The smallest absolute Gasteiger partial charge is 0.321 e. The number of nitrogens with one attached hydrogen (secondary N) is 1. The second-order valence-electron chi connectivity index (χ2n) is 6.20. The van der Waals surface area contributed by atoms with E-state index >= 15 is 0 Å². The maximum Gasteiger partial charge on any atom is 0.321 e. The van der Waals surface area contributed by atoms with Gasteiger partial charge >= 0.3 is 6.03 Å². The van der Waals surface area contributed by atoms with Crippen LogP contribution in [0.15, 0.2) is 54.6 Å². The summed E-state index contributed by atoms with van der Waals surface area (Å²) in [7, 11) is 1.79. The number of urea groups is 1. The summed E-state index contributed by atoms with van der Waals surface area (Å²) in [5.74, 6) is 0.805. The Morgan fingerprint density at radius 1 is 1.20 bits per heavy atom. The zero-order valence-electron chi connectivity index (χ0n) is 14.5. The summed E-state index contributed by atoms with van der Waals surface area (Å²) in [5, 5.41) is 2.97. The number of anilines is 1. The molecular weight excluding hydrogens is 316 g/mol. The summed E-state index contributed by atoms with van der Waals surface area (Å²) in [6.45, 7) is 1.80. The topological polar surface area (TPSA) is 50.8 Å². The van der Waals surface area contributed by atoms with Crippen molar-refractivity contribution in [2.24, 2.45) is 0 Å². The van der Waals surface area contributed by atoms with Crippen LogP contribution >= 0.6 is 0 Å². The maximum atomic E-state index is 12.4. The van der Waals surface area contributed by atoms with Gasteiger partial charge in [0, 0.05) is 31.5 Å². The van der Waals surface area contributed by atoms with Gasteiger partial charge in [-0.25, -0.2) is 4.79 Å². The van der Waals surface area contributed by atoms with Crippen molar-refractivity contribution in [2.45, 2.75) is 25.6 Å². The van der Waals surface area contributed by atoms with E-state index in [0.717, 1.165) is 36.4 Å². The molecule has 3 rings (SSSR count). The molecule has 1 aliphatic rings. The van der Waals surface area contributed by atoms with Gasteiger partial charge in [0.25, 0.3) is 0 Å². The molecule has 0 aliphatic carbocycles. The van der Waals surface area contributed by atoms with Crippen LogP contribution in [-0.2, 0) is 11.3 Å². The van der Waals surface area contributed by atoms with Crippen LogP contribution in [0.4, 0.5) is 10.5 Å². The Labute approximate surface area is 148 Å². The number of ether oxygens (including phenoxy) is 2. The fourth-order valence-corrected chi connectivity index (χ4v) is 2.83. The van der Waals surface area contributed by atoms with Crippen LogP contribution in [0.3, 0.4) is 0 Å². The zero-order valence-corrected chi connectivity index (χ0v) is 14.5. The highest BCUT2D eigenvalue weighted by molar-refractivity contribution is 5.90. The third-order valence-corrected chi connectivity index (χ3v) is 4.24. The second kappa shape index (κ2) is 8.53. The molecule has 1 saturated heterocycles. The quantitative estimate of drug-likeness (QED) is 0.867. The highest BCUT2D eigenvalue weighted by Gasteiger charge is 2.20. The lowest BCUT2D eigenvalue weighted by Gasteiger charge is -2.22. The van der Waals surface area contributed by atoms with Crippen LogP contribution in [0, 0.1) is 0 Å². The van der Waals surface area contributed by atoms with Gasteiger partial charge in [-0.3, -0.25) is 0 Å². The van der Waals surface area contributed by atoms with Gasteiger partial charge in [-0.15, -0.1) is 0 Å². The second-order valence-corrected chi connectivity index (χ2v) is 6.20. The minimum Gasteiger partial charge on any atom is -0.489 e.